The van der Waals surface area contributed by atoms with Crippen LogP contribution in [0.1, 0.15) is 28.1 Å². The second-order valence-electron chi connectivity index (χ2n) is 5.06. The molecule has 0 spiro atoms. The van der Waals surface area contributed by atoms with Crippen LogP contribution in [0, 0.1) is 18.8 Å². The van der Waals surface area contributed by atoms with Gasteiger partial charge in [0.15, 0.2) is 0 Å². The van der Waals surface area contributed by atoms with Crippen LogP contribution >= 0.6 is 11.3 Å². The van der Waals surface area contributed by atoms with Gasteiger partial charge in [-0.3, -0.25) is 4.79 Å². The summed E-state index contributed by atoms with van der Waals surface area (Å²) >= 11 is 1.25. The molecular weight excluding hydrogens is 306 g/mol. The van der Waals surface area contributed by atoms with Crippen LogP contribution in [0.3, 0.4) is 0 Å². The fourth-order valence-corrected chi connectivity index (χ4v) is 3.34. The van der Waals surface area contributed by atoms with Crippen LogP contribution in [-0.4, -0.2) is 25.0 Å². The number of esters is 1. The van der Waals surface area contributed by atoms with Crippen LogP contribution in [0.2, 0.25) is 0 Å². The maximum absolute atomic E-state index is 12.4. The quantitative estimate of drug-likeness (QED) is 0.662. The lowest BCUT2D eigenvalue weighted by Gasteiger charge is -2.28. The number of allylic oxidation sites excluding steroid dienone is 2. The summed E-state index contributed by atoms with van der Waals surface area (Å²) in [6.07, 6.45) is 4.13. The van der Waals surface area contributed by atoms with E-state index in [1.807, 2.05) is 0 Å². The Morgan fingerprint density at radius 2 is 1.91 bits per heavy atom. The highest BCUT2D eigenvalue weighted by Crippen LogP contribution is 2.31. The summed E-state index contributed by atoms with van der Waals surface area (Å²) in [5.74, 6) is -3.76. The van der Waals surface area contributed by atoms with Gasteiger partial charge in [0, 0.05) is 16.8 Å². The summed E-state index contributed by atoms with van der Waals surface area (Å²) in [7, 11) is 1.26. The van der Waals surface area contributed by atoms with Crippen molar-refractivity contribution in [3.63, 3.8) is 0 Å². The minimum absolute atomic E-state index is 0.272. The number of methoxy groups -OCH3 is 1. The van der Waals surface area contributed by atoms with Gasteiger partial charge < -0.3 is 20.0 Å². The first-order chi connectivity index (χ1) is 10.4. The van der Waals surface area contributed by atoms with Gasteiger partial charge in [-0.15, -0.1) is 11.3 Å². The van der Waals surface area contributed by atoms with Crippen LogP contribution in [0.15, 0.2) is 18.2 Å². The Bertz CT molecular complexity index is 634. The number of hydrogen-bond acceptors (Lipinski definition) is 6. The average Bonchev–Trinajstić information content (AvgIpc) is 2.86. The normalized spacial score (nSPS) is 20.5. The number of hydrogen-bond donors (Lipinski definition) is 1. The number of rotatable bonds is 4. The molecule has 1 aliphatic carbocycles. The third-order valence-electron chi connectivity index (χ3n) is 3.57. The summed E-state index contributed by atoms with van der Waals surface area (Å²) in [5, 5.41) is 14.2. The number of aryl methyl sites for hydroxylation is 1. The van der Waals surface area contributed by atoms with Gasteiger partial charge in [-0.25, -0.2) is 4.79 Å². The molecule has 22 heavy (non-hydrogen) atoms. The summed E-state index contributed by atoms with van der Waals surface area (Å²) < 4.78 is 4.68. The molecule has 0 bridgehead atoms. The standard InChI is InChI=1S/C15H17NO5S/c1-8-7-11(15(20)21-2)13(22-8)16-12(17)9-5-3-4-6-10(9)14(18)19/h3-4,7,9-10H,5-6H2,1-2H3,(H,16,17)(H,18,19)/p-1/t9-,10-/m0/s1. The third kappa shape index (κ3) is 3.36. The molecule has 1 aromatic heterocycles. The molecule has 1 N–H and O–H groups in total. The van der Waals surface area contributed by atoms with E-state index in [-0.39, 0.29) is 12.0 Å². The first kappa shape index (κ1) is 16.2. The lowest BCUT2D eigenvalue weighted by atomic mass is 9.82. The van der Waals surface area contributed by atoms with Crippen molar-refractivity contribution in [2.24, 2.45) is 11.8 Å². The number of carbonyl (C=O) groups excluding carboxylic acids is 3. The van der Waals surface area contributed by atoms with Crippen LogP contribution in [-0.2, 0) is 14.3 Å². The highest BCUT2D eigenvalue weighted by Gasteiger charge is 2.31. The molecule has 0 aliphatic heterocycles. The van der Waals surface area contributed by atoms with Gasteiger partial charge in [0.05, 0.1) is 18.6 Å². The average molecular weight is 322 g/mol. The number of carboxylic acid groups (broad SMARTS) is 1. The first-order valence-electron chi connectivity index (χ1n) is 6.79. The number of anilines is 1. The number of aliphatic carboxylic acids is 1. The van der Waals surface area contributed by atoms with Gasteiger partial charge >= 0.3 is 5.97 Å². The minimum Gasteiger partial charge on any atom is -0.550 e. The molecule has 2 rings (SSSR count). The van der Waals surface area contributed by atoms with Gasteiger partial charge in [0.1, 0.15) is 5.00 Å². The maximum atomic E-state index is 12.4. The Hall–Kier alpha value is -2.15. The molecule has 118 valence electrons. The fourth-order valence-electron chi connectivity index (χ4n) is 2.44. The van der Waals surface area contributed by atoms with Gasteiger partial charge in [-0.2, -0.15) is 0 Å². The zero-order valence-corrected chi connectivity index (χ0v) is 13.1. The van der Waals surface area contributed by atoms with Crippen molar-refractivity contribution in [1.29, 1.82) is 0 Å². The van der Waals surface area contributed by atoms with Crippen molar-refractivity contribution >= 4 is 34.2 Å². The van der Waals surface area contributed by atoms with Crippen molar-refractivity contribution in [2.45, 2.75) is 19.8 Å². The number of thiophene rings is 1. The summed E-state index contributed by atoms with van der Waals surface area (Å²) in [4.78, 5) is 36.1. The first-order valence-corrected chi connectivity index (χ1v) is 7.61. The van der Waals surface area contributed by atoms with E-state index in [2.05, 4.69) is 10.1 Å². The van der Waals surface area contributed by atoms with E-state index in [1.54, 1.807) is 25.1 Å². The second-order valence-corrected chi connectivity index (χ2v) is 6.31. The SMILES string of the molecule is COC(=O)c1cc(C)sc1NC(=O)[C@H]1CC=CC[C@@H]1C(=O)[O-]. The monoisotopic (exact) mass is 322 g/mol. The Morgan fingerprint density at radius 3 is 2.50 bits per heavy atom. The Balaban J connectivity index is 2.20. The van der Waals surface area contributed by atoms with Crippen LogP contribution in [0.4, 0.5) is 5.00 Å². The van der Waals surface area contributed by atoms with Crippen molar-refractivity contribution in [1.82, 2.24) is 0 Å². The highest BCUT2D eigenvalue weighted by atomic mass is 32.1. The molecule has 1 amide bonds. The largest absolute Gasteiger partial charge is 0.550 e. The molecule has 0 unspecified atom stereocenters. The van der Waals surface area contributed by atoms with Crippen LogP contribution in [0.25, 0.3) is 0 Å². The number of amides is 1. The number of carboxylic acids is 1. The van der Waals surface area contributed by atoms with Crippen molar-refractivity contribution < 1.29 is 24.2 Å². The van der Waals surface area contributed by atoms with E-state index in [1.165, 1.54) is 18.4 Å². The molecule has 2 atom stereocenters. The van der Waals surface area contributed by atoms with Gasteiger partial charge in [-0.05, 0) is 25.8 Å². The summed E-state index contributed by atoms with van der Waals surface area (Å²) in [5.41, 5.74) is 0.273. The molecule has 1 aliphatic rings. The van der Waals surface area contributed by atoms with Gasteiger partial charge in [0.2, 0.25) is 5.91 Å². The summed E-state index contributed by atoms with van der Waals surface area (Å²) in [6.45, 7) is 1.81. The molecule has 1 aromatic rings. The minimum atomic E-state index is -1.24. The molecule has 0 fully saturated rings. The molecule has 6 nitrogen and oxygen atoms in total. The molecule has 0 radical (unpaired) electrons. The van der Waals surface area contributed by atoms with Crippen LogP contribution < -0.4 is 10.4 Å². The Labute approximate surface area is 131 Å². The van der Waals surface area contributed by atoms with E-state index in [0.29, 0.717) is 11.4 Å². The van der Waals surface area contributed by atoms with Gasteiger partial charge in [-0.1, -0.05) is 12.2 Å². The Kier molecular flexibility index (Phi) is 4.97. The Morgan fingerprint density at radius 1 is 1.27 bits per heavy atom. The second kappa shape index (κ2) is 6.74. The van der Waals surface area contributed by atoms with Gasteiger partial charge in [0.25, 0.3) is 0 Å². The predicted octanol–water partition coefficient (Wildman–Crippen LogP) is 1.11. The van der Waals surface area contributed by atoms with E-state index < -0.39 is 29.7 Å². The van der Waals surface area contributed by atoms with Crippen LogP contribution in [0.5, 0.6) is 0 Å². The number of nitrogens with one attached hydrogen (secondary N) is 1. The molecular formula is C15H16NO5S-. The zero-order chi connectivity index (χ0) is 16.3. The van der Waals surface area contributed by atoms with E-state index in [0.717, 1.165) is 4.88 Å². The predicted molar refractivity (Wildman–Crippen MR) is 79.4 cm³/mol. The highest BCUT2D eigenvalue weighted by molar-refractivity contribution is 7.16. The third-order valence-corrected chi connectivity index (χ3v) is 4.54. The summed E-state index contributed by atoms with van der Waals surface area (Å²) in [6, 6.07) is 1.63. The lowest BCUT2D eigenvalue weighted by molar-refractivity contribution is -0.313. The lowest BCUT2D eigenvalue weighted by Crippen LogP contribution is -2.41. The number of carbonyl (C=O) groups is 3. The van der Waals surface area contributed by atoms with E-state index in [4.69, 9.17) is 0 Å². The topological polar surface area (TPSA) is 95.5 Å². The van der Waals surface area contributed by atoms with E-state index in [9.17, 15) is 19.5 Å². The molecule has 1 heterocycles. The maximum Gasteiger partial charge on any atom is 0.340 e. The smallest absolute Gasteiger partial charge is 0.340 e. The van der Waals surface area contributed by atoms with E-state index >= 15 is 0 Å². The molecule has 0 saturated heterocycles. The van der Waals surface area contributed by atoms with Crippen molar-refractivity contribution in [3.05, 3.63) is 28.7 Å². The molecule has 7 heteroatoms. The van der Waals surface area contributed by atoms with Crippen molar-refractivity contribution in [3.8, 4) is 0 Å². The van der Waals surface area contributed by atoms with Crippen molar-refractivity contribution in [2.75, 3.05) is 12.4 Å². The molecule has 0 saturated carbocycles. The fraction of sp³-hybridized carbons (Fsp3) is 0.400. The molecule has 0 aromatic carbocycles. The zero-order valence-electron chi connectivity index (χ0n) is 12.3. The number of ether oxygens (including phenoxy) is 1.